The lowest BCUT2D eigenvalue weighted by atomic mass is 10.0. The Morgan fingerprint density at radius 3 is 2.55 bits per heavy atom. The van der Waals surface area contributed by atoms with Gasteiger partial charge in [-0.3, -0.25) is 0 Å². The highest BCUT2D eigenvalue weighted by Gasteiger charge is 2.41. The van der Waals surface area contributed by atoms with Gasteiger partial charge in [0.1, 0.15) is 0 Å². The molecule has 1 aliphatic rings. The Morgan fingerprint density at radius 2 is 1.86 bits per heavy atom. The Morgan fingerprint density at radius 1 is 1.14 bits per heavy atom. The van der Waals surface area contributed by atoms with Crippen molar-refractivity contribution in [1.29, 1.82) is 0 Å². The van der Waals surface area contributed by atoms with Crippen LogP contribution in [0, 0.1) is 0 Å². The molecule has 0 spiro atoms. The number of carbonyl (C=O) groups is 1. The van der Waals surface area contributed by atoms with E-state index in [2.05, 4.69) is 11.4 Å². The zero-order chi connectivity index (χ0) is 15.6. The fraction of sp³-hybridized carbons (Fsp3) is 0.278. The maximum atomic E-state index is 11.0. The molecule has 2 aromatic carbocycles. The van der Waals surface area contributed by atoms with E-state index in [0.717, 1.165) is 29.8 Å². The van der Waals surface area contributed by atoms with Gasteiger partial charge in [0, 0.05) is 17.1 Å². The quantitative estimate of drug-likeness (QED) is 0.850. The van der Waals surface area contributed by atoms with E-state index in [0.29, 0.717) is 12.1 Å². The largest absolute Gasteiger partial charge is 0.478 e. The molecule has 2 N–H and O–H groups in total. The van der Waals surface area contributed by atoms with Crippen molar-refractivity contribution >= 4 is 17.6 Å². The minimum atomic E-state index is -0.887. The summed E-state index contributed by atoms with van der Waals surface area (Å²) in [7, 11) is 0. The summed E-state index contributed by atoms with van der Waals surface area (Å²) in [5, 5.41) is 13.4. The molecule has 1 aliphatic carbocycles. The van der Waals surface area contributed by atoms with Gasteiger partial charge in [-0.2, -0.15) is 0 Å². The molecule has 0 radical (unpaired) electrons. The van der Waals surface area contributed by atoms with Crippen LogP contribution < -0.4 is 5.32 Å². The third-order valence-corrected chi connectivity index (χ3v) is 4.36. The topological polar surface area (TPSA) is 49.3 Å². The normalized spacial score (nSPS) is 15.5. The predicted octanol–water partition coefficient (Wildman–Crippen LogP) is 3.90. The number of hydrogen-bond donors (Lipinski definition) is 2. The van der Waals surface area contributed by atoms with Crippen LogP contribution in [0.4, 0.5) is 0 Å². The molecule has 0 unspecified atom stereocenters. The van der Waals surface area contributed by atoms with Crippen LogP contribution in [0.1, 0.15) is 34.3 Å². The fourth-order valence-electron chi connectivity index (χ4n) is 2.71. The van der Waals surface area contributed by atoms with Gasteiger partial charge < -0.3 is 10.4 Å². The van der Waals surface area contributed by atoms with Gasteiger partial charge in [0.25, 0.3) is 0 Å². The van der Waals surface area contributed by atoms with E-state index < -0.39 is 5.97 Å². The Bertz CT molecular complexity index is 695. The average Bonchev–Trinajstić information content (AvgIpc) is 3.25. The van der Waals surface area contributed by atoms with Crippen molar-refractivity contribution in [3.8, 4) is 0 Å². The third kappa shape index (κ3) is 3.67. The van der Waals surface area contributed by atoms with Gasteiger partial charge in [-0.25, -0.2) is 4.79 Å². The van der Waals surface area contributed by atoms with Crippen molar-refractivity contribution in [3.05, 3.63) is 70.2 Å². The van der Waals surface area contributed by atoms with Crippen molar-refractivity contribution in [2.45, 2.75) is 31.3 Å². The first-order valence-corrected chi connectivity index (χ1v) is 7.76. The highest BCUT2D eigenvalue weighted by Crippen LogP contribution is 2.39. The maximum absolute atomic E-state index is 11.0. The van der Waals surface area contributed by atoms with E-state index in [1.54, 1.807) is 18.2 Å². The molecule has 2 aromatic rings. The second-order valence-corrected chi connectivity index (χ2v) is 6.38. The molecule has 0 saturated heterocycles. The standard InChI is InChI=1S/C18H18ClNO2/c19-16-6-2-3-13(10-16)11-18(7-8-18)20-12-14-4-1-5-15(9-14)17(21)22/h1-6,9-10,20H,7-8,11-12H2,(H,21,22). The van der Waals surface area contributed by atoms with Crippen LogP contribution in [-0.2, 0) is 13.0 Å². The average molecular weight is 316 g/mol. The first kappa shape index (κ1) is 15.1. The van der Waals surface area contributed by atoms with E-state index >= 15 is 0 Å². The lowest BCUT2D eigenvalue weighted by Crippen LogP contribution is -2.32. The van der Waals surface area contributed by atoms with Crippen molar-refractivity contribution < 1.29 is 9.90 Å². The summed E-state index contributed by atoms with van der Waals surface area (Å²) in [6.45, 7) is 0.682. The summed E-state index contributed by atoms with van der Waals surface area (Å²) in [5.41, 5.74) is 2.69. The SMILES string of the molecule is O=C(O)c1cccc(CNC2(Cc3cccc(Cl)c3)CC2)c1. The van der Waals surface area contributed by atoms with Gasteiger partial charge in [0.15, 0.2) is 0 Å². The monoisotopic (exact) mass is 315 g/mol. The molecule has 3 rings (SSSR count). The number of carboxylic acids is 1. The van der Waals surface area contributed by atoms with Crippen LogP contribution in [0.3, 0.4) is 0 Å². The molecule has 0 aliphatic heterocycles. The van der Waals surface area contributed by atoms with E-state index in [1.807, 2.05) is 24.3 Å². The number of benzene rings is 2. The lowest BCUT2D eigenvalue weighted by molar-refractivity contribution is 0.0696. The minimum Gasteiger partial charge on any atom is -0.478 e. The van der Waals surface area contributed by atoms with Crippen molar-refractivity contribution in [3.63, 3.8) is 0 Å². The second kappa shape index (κ2) is 6.11. The number of nitrogens with one attached hydrogen (secondary N) is 1. The van der Waals surface area contributed by atoms with Gasteiger partial charge in [0.2, 0.25) is 0 Å². The van der Waals surface area contributed by atoms with Gasteiger partial charge in [-0.15, -0.1) is 0 Å². The fourth-order valence-corrected chi connectivity index (χ4v) is 2.92. The summed E-state index contributed by atoms with van der Waals surface area (Å²) in [5.74, 6) is -0.887. The highest BCUT2D eigenvalue weighted by molar-refractivity contribution is 6.30. The van der Waals surface area contributed by atoms with Gasteiger partial charge in [0.05, 0.1) is 5.56 Å². The first-order valence-electron chi connectivity index (χ1n) is 7.38. The molecule has 0 heterocycles. The molecule has 0 amide bonds. The Hall–Kier alpha value is -1.84. The summed E-state index contributed by atoms with van der Waals surface area (Å²) in [6.07, 6.45) is 3.22. The smallest absolute Gasteiger partial charge is 0.335 e. The summed E-state index contributed by atoms with van der Waals surface area (Å²) < 4.78 is 0. The number of aromatic carboxylic acids is 1. The number of rotatable bonds is 6. The highest BCUT2D eigenvalue weighted by atomic mass is 35.5. The van der Waals surface area contributed by atoms with Crippen molar-refractivity contribution in [1.82, 2.24) is 5.32 Å². The summed E-state index contributed by atoms with van der Waals surface area (Å²) in [4.78, 5) is 11.0. The molecule has 114 valence electrons. The van der Waals surface area contributed by atoms with Gasteiger partial charge in [-0.1, -0.05) is 35.9 Å². The third-order valence-electron chi connectivity index (χ3n) is 4.13. The zero-order valence-electron chi connectivity index (χ0n) is 12.2. The Balaban J connectivity index is 1.63. The molecular formula is C18H18ClNO2. The van der Waals surface area contributed by atoms with Crippen molar-refractivity contribution in [2.24, 2.45) is 0 Å². The molecule has 0 atom stereocenters. The predicted molar refractivity (Wildman–Crippen MR) is 87.4 cm³/mol. The molecule has 3 nitrogen and oxygen atoms in total. The van der Waals surface area contributed by atoms with E-state index in [9.17, 15) is 4.79 Å². The van der Waals surface area contributed by atoms with Crippen LogP contribution in [-0.4, -0.2) is 16.6 Å². The molecule has 0 aromatic heterocycles. The van der Waals surface area contributed by atoms with E-state index in [-0.39, 0.29) is 5.54 Å². The zero-order valence-corrected chi connectivity index (χ0v) is 12.9. The molecule has 22 heavy (non-hydrogen) atoms. The molecule has 1 fully saturated rings. The van der Waals surface area contributed by atoms with Gasteiger partial charge >= 0.3 is 5.97 Å². The van der Waals surface area contributed by atoms with Crippen LogP contribution in [0.5, 0.6) is 0 Å². The van der Waals surface area contributed by atoms with Gasteiger partial charge in [-0.05, 0) is 54.7 Å². The Labute approximate surface area is 134 Å². The minimum absolute atomic E-state index is 0.129. The van der Waals surface area contributed by atoms with Crippen molar-refractivity contribution in [2.75, 3.05) is 0 Å². The van der Waals surface area contributed by atoms with E-state index in [1.165, 1.54) is 5.56 Å². The van der Waals surface area contributed by atoms with Crippen LogP contribution in [0.2, 0.25) is 5.02 Å². The second-order valence-electron chi connectivity index (χ2n) is 5.95. The Kier molecular flexibility index (Phi) is 4.19. The number of carboxylic acid groups (broad SMARTS) is 1. The van der Waals surface area contributed by atoms with E-state index in [4.69, 9.17) is 16.7 Å². The molecule has 1 saturated carbocycles. The summed E-state index contributed by atoms with van der Waals surface area (Å²) in [6, 6.07) is 15.0. The van der Waals surface area contributed by atoms with Crippen LogP contribution in [0.15, 0.2) is 48.5 Å². The maximum Gasteiger partial charge on any atom is 0.335 e. The molecule has 4 heteroatoms. The first-order chi connectivity index (χ1) is 10.6. The molecule has 0 bridgehead atoms. The summed E-state index contributed by atoms with van der Waals surface area (Å²) >= 11 is 6.04. The van der Waals surface area contributed by atoms with Crippen LogP contribution in [0.25, 0.3) is 0 Å². The number of halogens is 1. The lowest BCUT2D eigenvalue weighted by Gasteiger charge is -2.18. The molecular weight excluding hydrogens is 298 g/mol. The van der Waals surface area contributed by atoms with Crippen LogP contribution >= 0.6 is 11.6 Å². The number of hydrogen-bond acceptors (Lipinski definition) is 2.